The second-order valence-corrected chi connectivity index (χ2v) is 29.6. The second-order valence-electron chi connectivity index (χ2n) is 29.0. The molecule has 0 spiro atoms. The molecule has 0 aliphatic carbocycles. The number of aromatic nitrogens is 8. The number of hydrogen-bond acceptors (Lipinski definition) is 24. The van der Waals surface area contributed by atoms with Crippen LogP contribution in [0, 0.1) is 69.1 Å². The quantitative estimate of drug-likeness (QED) is 0.00596. The first-order valence-corrected chi connectivity index (χ1v) is 35.0. The van der Waals surface area contributed by atoms with Crippen molar-refractivity contribution in [3.05, 3.63) is 71.9 Å². The van der Waals surface area contributed by atoms with E-state index in [0.29, 0.717) is 98.6 Å². The highest BCUT2D eigenvalue weighted by Crippen LogP contribution is 2.33. The summed E-state index contributed by atoms with van der Waals surface area (Å²) in [7, 11) is 5.51. The first-order chi connectivity index (χ1) is 46.8. The number of nitrogens with two attached hydrogens (primary N) is 2. The largest absolute Gasteiger partial charge is 0.469 e. The number of nitrogens with zero attached hydrogens (tertiary/aromatic N) is 11. The summed E-state index contributed by atoms with van der Waals surface area (Å²) in [6.07, 6.45) is 12.3. The van der Waals surface area contributed by atoms with Gasteiger partial charge in [-0.15, -0.1) is 0 Å². The minimum Gasteiger partial charge on any atom is -0.469 e. The minimum atomic E-state index is -0.814. The van der Waals surface area contributed by atoms with Gasteiger partial charge in [0.05, 0.1) is 165 Å². The van der Waals surface area contributed by atoms with E-state index >= 15 is 0 Å². The number of esters is 4. The third-order valence-electron chi connectivity index (χ3n) is 16.2. The highest BCUT2D eigenvalue weighted by atomic mass is 79.9. The van der Waals surface area contributed by atoms with Gasteiger partial charge in [0.2, 0.25) is 5.91 Å². The van der Waals surface area contributed by atoms with Gasteiger partial charge in [-0.25, -0.2) is 15.4 Å². The number of ether oxygens (including phenoxy) is 4. The zero-order valence-electron chi connectivity index (χ0n) is 64.0. The Labute approximate surface area is 636 Å². The number of alkyl halides is 1. The molecule has 105 heavy (non-hydrogen) atoms. The number of hydrazine groups is 1. The molecule has 3 aliphatic rings. The average Bonchev–Trinajstić information content (AvgIpc) is 1.71. The summed E-state index contributed by atoms with van der Waals surface area (Å²) in [6.45, 7) is 45.3. The van der Waals surface area contributed by atoms with E-state index in [1.807, 2.05) is 67.3 Å². The van der Waals surface area contributed by atoms with Gasteiger partial charge in [-0.2, -0.15) is 20.4 Å². The van der Waals surface area contributed by atoms with Crippen LogP contribution in [0.1, 0.15) is 175 Å². The number of carbonyl (C=O) groups excluding carboxylic acids is 7. The van der Waals surface area contributed by atoms with Crippen molar-refractivity contribution in [1.29, 1.82) is 0 Å². The first kappa shape index (κ1) is 104. The summed E-state index contributed by atoms with van der Waals surface area (Å²) in [5.74, 6) is 4.88. The molecule has 0 radical (unpaired) electrons. The number of anilines is 4. The number of rotatable bonds is 21. The molecule has 0 aromatic carbocycles. The molecule has 3 saturated heterocycles. The van der Waals surface area contributed by atoms with Crippen LogP contribution in [-0.4, -0.2) is 197 Å². The van der Waals surface area contributed by atoms with Crippen LogP contribution < -0.4 is 31.7 Å². The monoisotopic (exact) mass is 1550 g/mol. The predicted octanol–water partition coefficient (Wildman–Crippen LogP) is 9.35. The smallest absolute Gasteiger partial charge is 0.333 e. The summed E-state index contributed by atoms with van der Waals surface area (Å²) in [6, 6.07) is 0. The molecular formula is C75H137BrN14O15. The Morgan fingerprint density at radius 1 is 0.552 bits per heavy atom. The number of aldehydes is 2. The van der Waals surface area contributed by atoms with Crippen LogP contribution in [0.25, 0.3) is 0 Å². The van der Waals surface area contributed by atoms with Gasteiger partial charge in [0.25, 0.3) is 0 Å². The zero-order chi connectivity index (χ0) is 77.7. The number of hydrogen-bond donors (Lipinski definition) is 7. The van der Waals surface area contributed by atoms with Crippen molar-refractivity contribution in [1.82, 2.24) is 44.5 Å². The van der Waals surface area contributed by atoms with Gasteiger partial charge >= 0.3 is 23.9 Å². The zero-order valence-corrected chi connectivity index (χ0v) is 65.6. The normalized spacial score (nSPS) is 17.8. The number of amides is 1. The van der Waals surface area contributed by atoms with E-state index in [2.05, 4.69) is 99.9 Å². The topological polar surface area (TPSA) is 382 Å². The lowest BCUT2D eigenvalue weighted by atomic mass is 9.89. The predicted molar refractivity (Wildman–Crippen MR) is 422 cm³/mol. The summed E-state index contributed by atoms with van der Waals surface area (Å²) in [4.78, 5) is 82.6. The van der Waals surface area contributed by atoms with E-state index in [9.17, 15) is 54.0 Å². The van der Waals surface area contributed by atoms with E-state index in [1.165, 1.54) is 28.4 Å². The maximum absolute atomic E-state index is 11.9. The molecule has 0 bridgehead atoms. The Kier molecular flexibility index (Phi) is 48.1. The molecule has 604 valence electrons. The van der Waals surface area contributed by atoms with E-state index in [0.717, 1.165) is 91.3 Å². The fourth-order valence-electron chi connectivity index (χ4n) is 11.3. The third kappa shape index (κ3) is 37.5. The fourth-order valence-corrected chi connectivity index (χ4v) is 11.5. The molecule has 30 heteroatoms. The Morgan fingerprint density at radius 3 is 1.08 bits per heavy atom. The van der Waals surface area contributed by atoms with Crippen molar-refractivity contribution < 1.29 is 72.9 Å². The minimum absolute atomic E-state index is 0. The molecule has 7 rings (SSSR count). The molecule has 3 fully saturated rings. The molecule has 3 aliphatic heterocycles. The summed E-state index contributed by atoms with van der Waals surface area (Å²) >= 11 is 3.06. The number of nitrogens with one attached hydrogen (secondary N) is 1. The molecule has 7 atom stereocenters. The maximum Gasteiger partial charge on any atom is 0.333 e. The van der Waals surface area contributed by atoms with Crippen LogP contribution in [0.4, 0.5) is 22.7 Å². The number of halogens is 1. The van der Waals surface area contributed by atoms with Crippen LogP contribution in [-0.2, 0) is 78.7 Å². The highest BCUT2D eigenvalue weighted by Gasteiger charge is 2.35. The molecule has 1 amide bonds. The molecule has 4 aromatic heterocycles. The lowest BCUT2D eigenvalue weighted by Crippen LogP contribution is -2.47. The first-order valence-electron chi connectivity index (χ1n) is 33.9. The van der Waals surface area contributed by atoms with Crippen LogP contribution in [0.2, 0.25) is 0 Å². The molecular weight excluding hydrogens is 1420 g/mol. The summed E-state index contributed by atoms with van der Waals surface area (Å²) in [5, 5.41) is 57.1. The Bertz CT molecular complexity index is 3020. The lowest BCUT2D eigenvalue weighted by molar-refractivity contribution is -0.146. The van der Waals surface area contributed by atoms with Crippen LogP contribution >= 0.6 is 15.9 Å². The van der Waals surface area contributed by atoms with Gasteiger partial charge in [-0.3, -0.25) is 38.5 Å². The van der Waals surface area contributed by atoms with Crippen LogP contribution in [0.3, 0.4) is 0 Å². The van der Waals surface area contributed by atoms with Crippen LogP contribution in [0.15, 0.2) is 49.1 Å². The van der Waals surface area contributed by atoms with Gasteiger partial charge in [0.1, 0.15) is 12.6 Å². The van der Waals surface area contributed by atoms with Crippen molar-refractivity contribution in [2.45, 2.75) is 228 Å². The third-order valence-corrected chi connectivity index (χ3v) is 16.9. The van der Waals surface area contributed by atoms with Gasteiger partial charge in [0, 0.05) is 68.1 Å². The van der Waals surface area contributed by atoms with Gasteiger partial charge < -0.3 is 69.4 Å². The van der Waals surface area contributed by atoms with Crippen molar-refractivity contribution in [2.24, 2.45) is 47.3 Å². The average molecular weight is 1550 g/mol. The van der Waals surface area contributed by atoms with Gasteiger partial charge in [-0.05, 0) is 127 Å². The Morgan fingerprint density at radius 2 is 0.838 bits per heavy atom. The highest BCUT2D eigenvalue weighted by molar-refractivity contribution is 9.09. The number of nitrogen functional groups attached to an aromatic ring is 1. The SMILES string of the molecule is C.C.C.C.C=C(CBr)C(=O)OC.C=C(CC(C)C=O)C(=O)OC.CCC=O.COC(=O)C1CC(C)CN(c2cnn(CC(C)(C)O)c2C)C1.COC(=O)C1CC(C)CN(c2cnn(CC(C)(C)O)c2C)C1.Cc1c(N)cnn1CC(C)(C)O.Cc1c(N2CC(C)CC(C(=O)NN)C2)cnn1CC(C)(C)O. The van der Waals surface area contributed by atoms with E-state index < -0.39 is 28.4 Å². The lowest BCUT2D eigenvalue weighted by Gasteiger charge is -2.36. The van der Waals surface area contributed by atoms with Crippen LogP contribution in [0.5, 0.6) is 0 Å². The summed E-state index contributed by atoms with van der Waals surface area (Å²) < 4.78 is 25.7. The Hall–Kier alpha value is -7.51. The molecule has 0 saturated carbocycles. The molecule has 7 unspecified atom stereocenters. The number of piperidine rings is 3. The number of methoxy groups -OCH3 is 4. The Balaban J connectivity index is -0.000000590. The molecule has 9 N–H and O–H groups in total. The van der Waals surface area contributed by atoms with Crippen molar-refractivity contribution in [3.63, 3.8) is 0 Å². The summed E-state index contributed by atoms with van der Waals surface area (Å²) in [5.41, 5.74) is 13.1. The number of aliphatic hydroxyl groups is 4. The van der Waals surface area contributed by atoms with Crippen molar-refractivity contribution in [3.8, 4) is 0 Å². The van der Waals surface area contributed by atoms with Gasteiger partial charge in [-0.1, -0.05) is 93.4 Å². The van der Waals surface area contributed by atoms with Gasteiger partial charge in [0.15, 0.2) is 0 Å². The molecule has 4 aromatic rings. The van der Waals surface area contributed by atoms with E-state index in [-0.39, 0.29) is 77.2 Å². The van der Waals surface area contributed by atoms with E-state index in [1.54, 1.807) is 73.2 Å². The van der Waals surface area contributed by atoms with E-state index in [4.69, 9.17) is 21.1 Å². The fraction of sp³-hybridized carbons (Fsp3) is 0.693. The standard InChI is InChI=1S/2C16H27N3O3.C15H27N5O2.C8H15N3O.C8H12O3.C5H7BrO2.C3H6O.4CH4/c2*1-11-6-13(15(20)22-5)9-18(8-11)14-7-17-19(12(14)2)10-16(3,4)21;1-10-5-12(14(21)18-16)8-19(7-10)13-6-17-20(11(13)2)9-15(3,4)22;1-6-7(9)4-10-11(6)5-8(2,3)12;1-6(5-9)4-7(2)8(10)11-3;1-4(3-6)5(7)8-2;1-2-3-4;;;;/h2*7,11,13,21H,6,8-10H2,1-5H3;6,10,12,22H,5,7-9,16H2,1-4H3,(H,18,21);4,12H,5,9H2,1-3H3;5-6H,2,4H2,1,3H3;1,3H2,2H3;3H,2H2,1H3;4*1H4. The second kappa shape index (κ2) is 48.6. The molecule has 29 nitrogen and oxygen atoms in total. The number of carbonyl (C=O) groups is 7. The molecule has 7 heterocycles. The van der Waals surface area contributed by atoms with Crippen molar-refractivity contribution in [2.75, 3.05) is 93.5 Å². The maximum atomic E-state index is 11.9. The van der Waals surface area contributed by atoms with Crippen molar-refractivity contribution >= 4 is 81.0 Å².